The second kappa shape index (κ2) is 6.11. The number of carbonyl (C=O) groups is 1. The summed E-state index contributed by atoms with van der Waals surface area (Å²) in [6, 6.07) is 3.03. The van der Waals surface area contributed by atoms with Gasteiger partial charge >= 0.3 is 0 Å². The number of hydrogen-bond acceptors (Lipinski definition) is 5. The highest BCUT2D eigenvalue weighted by Gasteiger charge is 2.15. The van der Waals surface area contributed by atoms with Crippen LogP contribution >= 0.6 is 0 Å². The second-order valence-corrected chi connectivity index (χ2v) is 3.85. The SMILES string of the molecule is COc1cc(N)c(C(=O)NCC(C)O)cc1OC. The molecule has 6 nitrogen and oxygen atoms in total. The average Bonchev–Trinajstić information content (AvgIpc) is 2.35. The Morgan fingerprint density at radius 2 is 1.94 bits per heavy atom. The van der Waals surface area contributed by atoms with E-state index in [2.05, 4.69) is 5.32 Å². The summed E-state index contributed by atoms with van der Waals surface area (Å²) in [7, 11) is 2.97. The Hall–Kier alpha value is -1.95. The van der Waals surface area contributed by atoms with E-state index >= 15 is 0 Å². The van der Waals surface area contributed by atoms with Gasteiger partial charge in [-0.2, -0.15) is 0 Å². The zero-order valence-corrected chi connectivity index (χ0v) is 10.7. The molecule has 1 rings (SSSR count). The third-order valence-electron chi connectivity index (χ3n) is 2.36. The zero-order valence-electron chi connectivity index (χ0n) is 10.7. The fourth-order valence-electron chi connectivity index (χ4n) is 1.43. The molecule has 18 heavy (non-hydrogen) atoms. The normalized spacial score (nSPS) is 11.8. The molecule has 0 radical (unpaired) electrons. The number of benzene rings is 1. The molecule has 4 N–H and O–H groups in total. The number of anilines is 1. The van der Waals surface area contributed by atoms with Crippen LogP contribution in [-0.4, -0.2) is 37.9 Å². The van der Waals surface area contributed by atoms with Gasteiger partial charge in [0.05, 0.1) is 25.9 Å². The van der Waals surface area contributed by atoms with Crippen molar-refractivity contribution >= 4 is 11.6 Å². The molecule has 0 aliphatic rings. The molecule has 0 bridgehead atoms. The molecule has 1 atom stereocenters. The van der Waals surface area contributed by atoms with Gasteiger partial charge in [-0.1, -0.05) is 0 Å². The van der Waals surface area contributed by atoms with Crippen LogP contribution in [0, 0.1) is 0 Å². The standard InChI is InChI=1S/C12H18N2O4/c1-7(15)6-14-12(16)8-4-10(17-2)11(18-3)5-9(8)13/h4-5,7,15H,6,13H2,1-3H3,(H,14,16). The van der Waals surface area contributed by atoms with E-state index in [1.54, 1.807) is 6.92 Å². The highest BCUT2D eigenvalue weighted by atomic mass is 16.5. The summed E-state index contributed by atoms with van der Waals surface area (Å²) < 4.78 is 10.2. The van der Waals surface area contributed by atoms with Crippen LogP contribution in [-0.2, 0) is 0 Å². The van der Waals surface area contributed by atoms with Crippen molar-refractivity contribution in [3.63, 3.8) is 0 Å². The first-order valence-electron chi connectivity index (χ1n) is 5.47. The van der Waals surface area contributed by atoms with Crippen molar-refractivity contribution in [2.24, 2.45) is 0 Å². The minimum Gasteiger partial charge on any atom is -0.493 e. The van der Waals surface area contributed by atoms with E-state index in [1.807, 2.05) is 0 Å². The number of aliphatic hydroxyl groups excluding tert-OH is 1. The van der Waals surface area contributed by atoms with Crippen LogP contribution in [0.4, 0.5) is 5.69 Å². The molecule has 1 unspecified atom stereocenters. The number of carbonyl (C=O) groups excluding carboxylic acids is 1. The van der Waals surface area contributed by atoms with Crippen molar-refractivity contribution in [2.75, 3.05) is 26.5 Å². The van der Waals surface area contributed by atoms with Crippen LogP contribution < -0.4 is 20.5 Å². The Labute approximate surface area is 106 Å². The molecule has 0 aliphatic carbocycles. The highest BCUT2D eigenvalue weighted by Crippen LogP contribution is 2.31. The van der Waals surface area contributed by atoms with Gasteiger partial charge in [0.25, 0.3) is 5.91 Å². The monoisotopic (exact) mass is 254 g/mol. The lowest BCUT2D eigenvalue weighted by Gasteiger charge is -2.13. The summed E-state index contributed by atoms with van der Waals surface area (Å²) in [6.07, 6.45) is -0.615. The number of aliphatic hydroxyl groups is 1. The van der Waals surface area contributed by atoms with E-state index in [1.165, 1.54) is 26.4 Å². The first-order chi connectivity index (χ1) is 8.49. The fourth-order valence-corrected chi connectivity index (χ4v) is 1.43. The maximum absolute atomic E-state index is 11.8. The van der Waals surface area contributed by atoms with Crippen LogP contribution in [0.5, 0.6) is 11.5 Å². The minimum atomic E-state index is -0.615. The van der Waals surface area contributed by atoms with E-state index in [4.69, 9.17) is 20.3 Å². The molecule has 100 valence electrons. The van der Waals surface area contributed by atoms with Gasteiger partial charge in [-0.25, -0.2) is 0 Å². The van der Waals surface area contributed by atoms with Crippen molar-refractivity contribution in [1.82, 2.24) is 5.32 Å². The Kier molecular flexibility index (Phi) is 4.79. The summed E-state index contributed by atoms with van der Waals surface area (Å²) in [4.78, 5) is 11.8. The van der Waals surface area contributed by atoms with E-state index in [9.17, 15) is 4.79 Å². The van der Waals surface area contributed by atoms with Crippen molar-refractivity contribution in [3.8, 4) is 11.5 Å². The van der Waals surface area contributed by atoms with Gasteiger partial charge in [0.1, 0.15) is 0 Å². The van der Waals surface area contributed by atoms with Crippen molar-refractivity contribution in [1.29, 1.82) is 0 Å². The van der Waals surface area contributed by atoms with E-state index in [-0.39, 0.29) is 23.7 Å². The molecule has 0 heterocycles. The molecule has 1 aromatic rings. The van der Waals surface area contributed by atoms with Gasteiger partial charge in [0.2, 0.25) is 0 Å². The van der Waals surface area contributed by atoms with Crippen LogP contribution in [0.3, 0.4) is 0 Å². The lowest BCUT2D eigenvalue weighted by atomic mass is 10.1. The summed E-state index contributed by atoms with van der Waals surface area (Å²) in [5, 5.41) is 11.7. The Bertz CT molecular complexity index is 432. The Morgan fingerprint density at radius 1 is 1.39 bits per heavy atom. The third kappa shape index (κ3) is 3.27. The number of rotatable bonds is 5. The fraction of sp³-hybridized carbons (Fsp3) is 0.417. The van der Waals surface area contributed by atoms with Gasteiger partial charge in [-0.05, 0) is 13.0 Å². The number of nitrogen functional groups attached to an aromatic ring is 1. The first-order valence-corrected chi connectivity index (χ1v) is 5.47. The largest absolute Gasteiger partial charge is 0.493 e. The van der Waals surface area contributed by atoms with Crippen LogP contribution in [0.2, 0.25) is 0 Å². The minimum absolute atomic E-state index is 0.159. The molecule has 1 aromatic carbocycles. The molecule has 1 amide bonds. The maximum Gasteiger partial charge on any atom is 0.253 e. The maximum atomic E-state index is 11.8. The van der Waals surface area contributed by atoms with Gasteiger partial charge in [0.15, 0.2) is 11.5 Å². The molecule has 0 aliphatic heterocycles. The Morgan fingerprint density at radius 3 is 2.44 bits per heavy atom. The van der Waals surface area contributed by atoms with Crippen molar-refractivity contribution in [3.05, 3.63) is 17.7 Å². The van der Waals surface area contributed by atoms with Crippen LogP contribution in [0.25, 0.3) is 0 Å². The molecular weight excluding hydrogens is 236 g/mol. The highest BCUT2D eigenvalue weighted by molar-refractivity contribution is 6.00. The van der Waals surface area contributed by atoms with E-state index < -0.39 is 6.10 Å². The van der Waals surface area contributed by atoms with Crippen molar-refractivity contribution in [2.45, 2.75) is 13.0 Å². The number of methoxy groups -OCH3 is 2. The number of ether oxygens (including phenoxy) is 2. The van der Waals surface area contributed by atoms with E-state index in [0.29, 0.717) is 11.5 Å². The second-order valence-electron chi connectivity index (χ2n) is 3.85. The van der Waals surface area contributed by atoms with Crippen LogP contribution in [0.15, 0.2) is 12.1 Å². The molecule has 6 heteroatoms. The zero-order chi connectivity index (χ0) is 13.7. The lowest BCUT2D eigenvalue weighted by Crippen LogP contribution is -2.31. The average molecular weight is 254 g/mol. The van der Waals surface area contributed by atoms with Gasteiger partial charge in [-0.15, -0.1) is 0 Å². The van der Waals surface area contributed by atoms with Crippen molar-refractivity contribution < 1.29 is 19.4 Å². The topological polar surface area (TPSA) is 93.8 Å². The van der Waals surface area contributed by atoms with E-state index in [0.717, 1.165) is 0 Å². The predicted octanol–water partition coefficient (Wildman–Crippen LogP) is 0.397. The molecule has 0 saturated heterocycles. The quantitative estimate of drug-likeness (QED) is 0.661. The molecular formula is C12H18N2O4. The number of nitrogens with one attached hydrogen (secondary N) is 1. The summed E-state index contributed by atoms with van der Waals surface area (Å²) in [5.74, 6) is 0.519. The molecule has 0 aromatic heterocycles. The molecule has 0 saturated carbocycles. The lowest BCUT2D eigenvalue weighted by molar-refractivity contribution is 0.0924. The van der Waals surface area contributed by atoms with Gasteiger partial charge < -0.3 is 25.6 Å². The number of hydrogen-bond donors (Lipinski definition) is 3. The smallest absolute Gasteiger partial charge is 0.253 e. The van der Waals surface area contributed by atoms with Gasteiger partial charge in [0, 0.05) is 18.3 Å². The summed E-state index contributed by atoms with van der Waals surface area (Å²) in [6.45, 7) is 1.74. The third-order valence-corrected chi connectivity index (χ3v) is 2.36. The summed E-state index contributed by atoms with van der Waals surface area (Å²) >= 11 is 0. The number of nitrogens with two attached hydrogens (primary N) is 1. The summed E-state index contributed by atoms with van der Waals surface area (Å²) in [5.41, 5.74) is 6.34. The van der Waals surface area contributed by atoms with Crippen LogP contribution in [0.1, 0.15) is 17.3 Å². The predicted molar refractivity (Wildman–Crippen MR) is 68.0 cm³/mol. The van der Waals surface area contributed by atoms with Gasteiger partial charge in [-0.3, -0.25) is 4.79 Å². The number of amides is 1. The Balaban J connectivity index is 2.98. The molecule has 0 fully saturated rings. The molecule has 0 spiro atoms. The first kappa shape index (κ1) is 14.1.